The van der Waals surface area contributed by atoms with E-state index < -0.39 is 0 Å². The predicted molar refractivity (Wildman–Crippen MR) is 87.7 cm³/mol. The molecule has 4 heteroatoms. The number of benzene rings is 1. The van der Waals surface area contributed by atoms with Gasteiger partial charge in [-0.05, 0) is 49.1 Å². The molecule has 19 heavy (non-hydrogen) atoms. The Morgan fingerprint density at radius 3 is 2.47 bits per heavy atom. The van der Waals surface area contributed by atoms with Crippen molar-refractivity contribution in [2.45, 2.75) is 24.3 Å². The van der Waals surface area contributed by atoms with Crippen molar-refractivity contribution in [2.75, 3.05) is 12.8 Å². The maximum Gasteiger partial charge on any atom is 0.0931 e. The van der Waals surface area contributed by atoms with Gasteiger partial charge in [-0.3, -0.25) is 0 Å². The lowest BCUT2D eigenvalue weighted by Gasteiger charge is -2.18. The number of halogens is 1. The van der Waals surface area contributed by atoms with Crippen LogP contribution in [0.2, 0.25) is 4.34 Å². The van der Waals surface area contributed by atoms with E-state index in [4.69, 9.17) is 11.6 Å². The summed E-state index contributed by atoms with van der Waals surface area (Å²) in [6.07, 6.45) is 3.22. The van der Waals surface area contributed by atoms with Gasteiger partial charge in [-0.1, -0.05) is 30.7 Å². The van der Waals surface area contributed by atoms with Crippen molar-refractivity contribution < 1.29 is 0 Å². The number of hydrogen-bond donors (Lipinski definition) is 1. The van der Waals surface area contributed by atoms with Crippen LogP contribution in [0, 0.1) is 0 Å². The van der Waals surface area contributed by atoms with Crippen LogP contribution in [0.25, 0.3) is 0 Å². The molecule has 1 atom stereocenters. The second-order valence-electron chi connectivity index (χ2n) is 4.30. The van der Waals surface area contributed by atoms with Gasteiger partial charge in [-0.15, -0.1) is 23.1 Å². The molecule has 2 rings (SSSR count). The molecule has 1 aromatic heterocycles. The smallest absolute Gasteiger partial charge is 0.0931 e. The summed E-state index contributed by atoms with van der Waals surface area (Å²) in [4.78, 5) is 2.57. The summed E-state index contributed by atoms with van der Waals surface area (Å²) in [6.45, 7) is 3.19. The molecule has 0 saturated heterocycles. The molecule has 0 spiro atoms. The Hall–Kier alpha value is -0.480. The molecule has 1 heterocycles. The molecular formula is C15H18ClNS2. The number of thioether (sulfide) groups is 1. The summed E-state index contributed by atoms with van der Waals surface area (Å²) in [5, 5.41) is 3.60. The van der Waals surface area contributed by atoms with Gasteiger partial charge in [0.25, 0.3) is 0 Å². The molecule has 0 radical (unpaired) electrons. The number of hydrogen-bond acceptors (Lipinski definition) is 3. The SMILES string of the molecule is CCCNC(c1ccc(SC)cc1)c1ccc(Cl)s1. The third kappa shape index (κ3) is 3.99. The summed E-state index contributed by atoms with van der Waals surface area (Å²) in [6, 6.07) is 13.1. The quantitative estimate of drug-likeness (QED) is 0.735. The summed E-state index contributed by atoms with van der Waals surface area (Å²) >= 11 is 9.48. The Labute approximate surface area is 128 Å². The Morgan fingerprint density at radius 1 is 1.21 bits per heavy atom. The average molecular weight is 312 g/mol. The van der Waals surface area contributed by atoms with Gasteiger partial charge in [0.05, 0.1) is 10.4 Å². The summed E-state index contributed by atoms with van der Waals surface area (Å²) in [5.74, 6) is 0. The van der Waals surface area contributed by atoms with E-state index in [0.29, 0.717) is 0 Å². The van der Waals surface area contributed by atoms with Crippen LogP contribution >= 0.6 is 34.7 Å². The van der Waals surface area contributed by atoms with Gasteiger partial charge in [0.1, 0.15) is 0 Å². The minimum absolute atomic E-state index is 0.244. The number of rotatable bonds is 6. The molecule has 0 amide bonds. The molecule has 0 aliphatic rings. The van der Waals surface area contributed by atoms with E-state index in [1.807, 2.05) is 6.07 Å². The second-order valence-corrected chi connectivity index (χ2v) is 6.93. The Morgan fingerprint density at radius 2 is 1.95 bits per heavy atom. The molecule has 0 fully saturated rings. The van der Waals surface area contributed by atoms with Crippen LogP contribution in [0.1, 0.15) is 29.8 Å². The fraction of sp³-hybridized carbons (Fsp3) is 0.333. The lowest BCUT2D eigenvalue weighted by Crippen LogP contribution is -2.22. The highest BCUT2D eigenvalue weighted by molar-refractivity contribution is 7.98. The molecule has 0 saturated carbocycles. The molecule has 0 aliphatic carbocycles. The van der Waals surface area contributed by atoms with Gasteiger partial charge in [0, 0.05) is 9.77 Å². The molecule has 0 aliphatic heterocycles. The second kappa shape index (κ2) is 7.34. The third-order valence-corrected chi connectivity index (χ3v) is 4.97. The van der Waals surface area contributed by atoms with E-state index in [9.17, 15) is 0 Å². The van der Waals surface area contributed by atoms with E-state index in [1.54, 1.807) is 23.1 Å². The van der Waals surface area contributed by atoms with Crippen LogP contribution in [0.15, 0.2) is 41.3 Å². The Bertz CT molecular complexity index is 507. The molecule has 1 aromatic carbocycles. The first-order valence-electron chi connectivity index (χ1n) is 6.37. The maximum atomic E-state index is 6.06. The highest BCUT2D eigenvalue weighted by Gasteiger charge is 2.15. The highest BCUT2D eigenvalue weighted by Crippen LogP contribution is 2.31. The van der Waals surface area contributed by atoms with Crippen molar-refractivity contribution in [2.24, 2.45) is 0 Å². The Kier molecular flexibility index (Phi) is 5.76. The van der Waals surface area contributed by atoms with Crippen LogP contribution in [0.3, 0.4) is 0 Å². The van der Waals surface area contributed by atoms with Crippen molar-refractivity contribution >= 4 is 34.7 Å². The fourth-order valence-electron chi connectivity index (χ4n) is 1.95. The first kappa shape index (κ1) is 14.9. The van der Waals surface area contributed by atoms with Gasteiger partial charge in [0.2, 0.25) is 0 Å². The molecule has 1 nitrogen and oxygen atoms in total. The molecule has 1 unspecified atom stereocenters. The summed E-state index contributed by atoms with van der Waals surface area (Å²) in [5.41, 5.74) is 1.30. The minimum Gasteiger partial charge on any atom is -0.306 e. The van der Waals surface area contributed by atoms with Gasteiger partial charge in [0.15, 0.2) is 0 Å². The molecular weight excluding hydrogens is 294 g/mol. The zero-order chi connectivity index (χ0) is 13.7. The largest absolute Gasteiger partial charge is 0.306 e. The topological polar surface area (TPSA) is 12.0 Å². The maximum absolute atomic E-state index is 6.06. The van der Waals surface area contributed by atoms with Gasteiger partial charge in [-0.25, -0.2) is 0 Å². The zero-order valence-electron chi connectivity index (χ0n) is 11.2. The van der Waals surface area contributed by atoms with Crippen LogP contribution in [0.4, 0.5) is 0 Å². The normalized spacial score (nSPS) is 12.6. The van der Waals surface area contributed by atoms with E-state index in [0.717, 1.165) is 17.3 Å². The summed E-state index contributed by atoms with van der Waals surface area (Å²) in [7, 11) is 0. The van der Waals surface area contributed by atoms with Gasteiger partial charge >= 0.3 is 0 Å². The van der Waals surface area contributed by atoms with Crippen LogP contribution in [0.5, 0.6) is 0 Å². The third-order valence-electron chi connectivity index (χ3n) is 2.93. The number of thiophene rings is 1. The standard InChI is InChI=1S/C15H18ClNS2/c1-3-10-17-15(13-8-9-14(16)19-13)11-4-6-12(18-2)7-5-11/h4-9,15,17H,3,10H2,1-2H3. The van der Waals surface area contributed by atoms with Crippen LogP contribution < -0.4 is 5.32 Å². The van der Waals surface area contributed by atoms with Gasteiger partial charge in [-0.2, -0.15) is 0 Å². The van der Waals surface area contributed by atoms with E-state index in [1.165, 1.54) is 15.3 Å². The zero-order valence-corrected chi connectivity index (χ0v) is 13.5. The predicted octanol–water partition coefficient (Wildman–Crippen LogP) is 5.21. The van der Waals surface area contributed by atoms with Gasteiger partial charge < -0.3 is 5.32 Å². The highest BCUT2D eigenvalue weighted by atomic mass is 35.5. The van der Waals surface area contributed by atoms with Crippen molar-refractivity contribution in [3.05, 3.63) is 51.2 Å². The minimum atomic E-state index is 0.244. The molecule has 2 aromatic rings. The van der Waals surface area contributed by atoms with Crippen LogP contribution in [-0.2, 0) is 0 Å². The van der Waals surface area contributed by atoms with Crippen molar-refractivity contribution in [3.8, 4) is 0 Å². The monoisotopic (exact) mass is 311 g/mol. The molecule has 102 valence electrons. The first-order valence-corrected chi connectivity index (χ1v) is 8.79. The van der Waals surface area contributed by atoms with Crippen molar-refractivity contribution in [3.63, 3.8) is 0 Å². The summed E-state index contributed by atoms with van der Waals surface area (Å²) < 4.78 is 0.846. The van der Waals surface area contributed by atoms with E-state index in [-0.39, 0.29) is 6.04 Å². The average Bonchev–Trinajstić information content (AvgIpc) is 2.86. The fourth-order valence-corrected chi connectivity index (χ4v) is 3.52. The Balaban J connectivity index is 2.25. The van der Waals surface area contributed by atoms with E-state index >= 15 is 0 Å². The van der Waals surface area contributed by atoms with Crippen LogP contribution in [-0.4, -0.2) is 12.8 Å². The molecule has 1 N–H and O–H groups in total. The van der Waals surface area contributed by atoms with Crippen molar-refractivity contribution in [1.29, 1.82) is 0 Å². The molecule has 0 bridgehead atoms. The lowest BCUT2D eigenvalue weighted by atomic mass is 10.1. The first-order chi connectivity index (χ1) is 9.24. The van der Waals surface area contributed by atoms with Crippen molar-refractivity contribution in [1.82, 2.24) is 5.32 Å². The van der Waals surface area contributed by atoms with E-state index in [2.05, 4.69) is 48.8 Å². The number of nitrogens with one attached hydrogen (secondary N) is 1. The lowest BCUT2D eigenvalue weighted by molar-refractivity contribution is 0.605.